The SMILES string of the molecule is COc1cccc(OC)c1C(=O)OC(C)C(=O)N(Cc1ccccc1)Cc1ccccc1. The molecular weight excluding hydrogens is 406 g/mol. The lowest BCUT2D eigenvalue weighted by atomic mass is 10.1. The first kappa shape index (κ1) is 22.9. The monoisotopic (exact) mass is 433 g/mol. The quantitative estimate of drug-likeness (QED) is 0.466. The van der Waals surface area contributed by atoms with Gasteiger partial charge in [-0.15, -0.1) is 0 Å². The van der Waals surface area contributed by atoms with Crippen LogP contribution in [0.15, 0.2) is 78.9 Å². The van der Waals surface area contributed by atoms with Gasteiger partial charge in [-0.05, 0) is 30.2 Å². The van der Waals surface area contributed by atoms with Gasteiger partial charge in [-0.3, -0.25) is 4.79 Å². The normalized spacial score (nSPS) is 11.3. The second-order valence-corrected chi connectivity index (χ2v) is 7.25. The van der Waals surface area contributed by atoms with E-state index < -0.39 is 12.1 Å². The average molecular weight is 434 g/mol. The van der Waals surface area contributed by atoms with E-state index in [0.717, 1.165) is 11.1 Å². The summed E-state index contributed by atoms with van der Waals surface area (Å²) in [6, 6.07) is 24.4. The van der Waals surface area contributed by atoms with Gasteiger partial charge in [0, 0.05) is 13.1 Å². The van der Waals surface area contributed by atoms with Crippen LogP contribution in [0.1, 0.15) is 28.4 Å². The van der Waals surface area contributed by atoms with Crippen molar-refractivity contribution in [3.05, 3.63) is 95.6 Å². The summed E-state index contributed by atoms with van der Waals surface area (Å²) in [5, 5.41) is 0. The molecule has 32 heavy (non-hydrogen) atoms. The fourth-order valence-corrected chi connectivity index (χ4v) is 3.40. The summed E-state index contributed by atoms with van der Waals surface area (Å²) >= 11 is 0. The van der Waals surface area contributed by atoms with E-state index in [1.54, 1.807) is 30.0 Å². The molecular formula is C26H27NO5. The largest absolute Gasteiger partial charge is 0.496 e. The van der Waals surface area contributed by atoms with Gasteiger partial charge in [-0.1, -0.05) is 66.7 Å². The topological polar surface area (TPSA) is 65.1 Å². The van der Waals surface area contributed by atoms with Crippen molar-refractivity contribution in [2.24, 2.45) is 0 Å². The van der Waals surface area contributed by atoms with Crippen LogP contribution in [0, 0.1) is 0 Å². The van der Waals surface area contributed by atoms with E-state index in [2.05, 4.69) is 0 Å². The van der Waals surface area contributed by atoms with Crippen LogP contribution in [-0.2, 0) is 22.6 Å². The zero-order chi connectivity index (χ0) is 22.9. The molecule has 1 atom stereocenters. The standard InChI is InChI=1S/C26H27NO5/c1-19(32-26(29)24-22(30-2)15-10-16-23(24)31-3)25(28)27(17-20-11-6-4-7-12-20)18-21-13-8-5-9-14-21/h4-16,19H,17-18H2,1-3H3. The number of ether oxygens (including phenoxy) is 3. The molecule has 0 saturated carbocycles. The molecule has 0 N–H and O–H groups in total. The number of hydrogen-bond donors (Lipinski definition) is 0. The van der Waals surface area contributed by atoms with Crippen molar-refractivity contribution in [2.75, 3.05) is 14.2 Å². The van der Waals surface area contributed by atoms with Crippen LogP contribution in [0.5, 0.6) is 11.5 Å². The average Bonchev–Trinajstić information content (AvgIpc) is 2.83. The molecule has 3 aromatic carbocycles. The number of esters is 1. The molecule has 1 amide bonds. The van der Waals surface area contributed by atoms with Crippen LogP contribution in [0.2, 0.25) is 0 Å². The zero-order valence-corrected chi connectivity index (χ0v) is 18.5. The molecule has 0 radical (unpaired) electrons. The van der Waals surface area contributed by atoms with Gasteiger partial charge in [0.25, 0.3) is 5.91 Å². The highest BCUT2D eigenvalue weighted by atomic mass is 16.6. The number of nitrogens with zero attached hydrogens (tertiary/aromatic N) is 1. The molecule has 3 aromatic rings. The molecule has 0 spiro atoms. The van der Waals surface area contributed by atoms with Crippen molar-refractivity contribution in [1.29, 1.82) is 0 Å². The van der Waals surface area contributed by atoms with Crippen molar-refractivity contribution in [1.82, 2.24) is 4.90 Å². The Bertz CT molecular complexity index is 973. The molecule has 6 heteroatoms. The molecule has 0 bridgehead atoms. The van der Waals surface area contributed by atoms with Gasteiger partial charge >= 0.3 is 5.97 Å². The van der Waals surface area contributed by atoms with Gasteiger partial charge in [0.15, 0.2) is 6.10 Å². The maximum absolute atomic E-state index is 13.3. The Balaban J connectivity index is 1.80. The number of rotatable bonds is 9. The smallest absolute Gasteiger partial charge is 0.346 e. The number of hydrogen-bond acceptors (Lipinski definition) is 5. The number of methoxy groups -OCH3 is 2. The minimum Gasteiger partial charge on any atom is -0.496 e. The summed E-state index contributed by atoms with van der Waals surface area (Å²) in [4.78, 5) is 27.9. The zero-order valence-electron chi connectivity index (χ0n) is 18.5. The Morgan fingerprint density at radius 1 is 0.750 bits per heavy atom. The molecule has 0 aromatic heterocycles. The predicted molar refractivity (Wildman–Crippen MR) is 122 cm³/mol. The highest BCUT2D eigenvalue weighted by molar-refractivity contribution is 5.97. The molecule has 3 rings (SSSR count). The molecule has 0 saturated heterocycles. The fourth-order valence-electron chi connectivity index (χ4n) is 3.40. The number of benzene rings is 3. The predicted octanol–water partition coefficient (Wildman–Crippen LogP) is 4.48. The Hall–Kier alpha value is -3.80. The lowest BCUT2D eigenvalue weighted by Crippen LogP contribution is -2.39. The highest BCUT2D eigenvalue weighted by Crippen LogP contribution is 2.29. The number of amides is 1. The Labute approximate surface area is 188 Å². The summed E-state index contributed by atoms with van der Waals surface area (Å²) in [7, 11) is 2.92. The minimum atomic E-state index is -0.996. The van der Waals surface area contributed by atoms with E-state index in [0.29, 0.717) is 24.6 Å². The molecule has 0 heterocycles. The van der Waals surface area contributed by atoms with Crippen molar-refractivity contribution < 1.29 is 23.8 Å². The summed E-state index contributed by atoms with van der Waals surface area (Å²) in [5.41, 5.74) is 2.12. The molecule has 1 unspecified atom stereocenters. The van der Waals surface area contributed by atoms with Crippen molar-refractivity contribution >= 4 is 11.9 Å². The number of carbonyl (C=O) groups is 2. The third-order valence-electron chi connectivity index (χ3n) is 5.01. The maximum Gasteiger partial charge on any atom is 0.346 e. The fraction of sp³-hybridized carbons (Fsp3) is 0.231. The van der Waals surface area contributed by atoms with Crippen LogP contribution in [0.25, 0.3) is 0 Å². The van der Waals surface area contributed by atoms with E-state index in [1.807, 2.05) is 60.7 Å². The van der Waals surface area contributed by atoms with Crippen LogP contribution in [-0.4, -0.2) is 37.1 Å². The first-order valence-electron chi connectivity index (χ1n) is 10.3. The van der Waals surface area contributed by atoms with Gasteiger partial charge in [-0.25, -0.2) is 4.79 Å². The van der Waals surface area contributed by atoms with Gasteiger partial charge < -0.3 is 19.1 Å². The molecule has 0 fully saturated rings. The van der Waals surface area contributed by atoms with Crippen LogP contribution in [0.3, 0.4) is 0 Å². The first-order valence-corrected chi connectivity index (χ1v) is 10.3. The highest BCUT2D eigenvalue weighted by Gasteiger charge is 2.28. The third-order valence-corrected chi connectivity index (χ3v) is 5.01. The summed E-state index contributed by atoms with van der Waals surface area (Å²) in [5.74, 6) is -0.335. The molecule has 166 valence electrons. The van der Waals surface area contributed by atoms with Crippen molar-refractivity contribution in [3.8, 4) is 11.5 Å². The molecule has 0 aliphatic carbocycles. The maximum atomic E-state index is 13.3. The molecule has 0 aliphatic heterocycles. The van der Waals surface area contributed by atoms with Gasteiger partial charge in [0.05, 0.1) is 14.2 Å². The van der Waals surface area contributed by atoms with Gasteiger partial charge in [0.1, 0.15) is 17.1 Å². The van der Waals surface area contributed by atoms with Crippen LogP contribution < -0.4 is 9.47 Å². The second kappa shape index (κ2) is 11.0. The van der Waals surface area contributed by atoms with Crippen LogP contribution >= 0.6 is 0 Å². The third kappa shape index (κ3) is 5.66. The Kier molecular flexibility index (Phi) is 7.86. The van der Waals surface area contributed by atoms with Gasteiger partial charge in [0.2, 0.25) is 0 Å². The Morgan fingerprint density at radius 3 is 1.66 bits per heavy atom. The van der Waals surface area contributed by atoms with E-state index >= 15 is 0 Å². The van der Waals surface area contributed by atoms with Crippen molar-refractivity contribution in [3.63, 3.8) is 0 Å². The summed E-state index contributed by atoms with van der Waals surface area (Å²) in [6.45, 7) is 2.37. The van der Waals surface area contributed by atoms with E-state index in [1.165, 1.54) is 14.2 Å². The van der Waals surface area contributed by atoms with E-state index in [-0.39, 0.29) is 11.5 Å². The van der Waals surface area contributed by atoms with Gasteiger partial charge in [-0.2, -0.15) is 0 Å². The first-order chi connectivity index (χ1) is 15.5. The van der Waals surface area contributed by atoms with Crippen LogP contribution in [0.4, 0.5) is 0 Å². The van der Waals surface area contributed by atoms with E-state index in [4.69, 9.17) is 14.2 Å². The molecule has 0 aliphatic rings. The Morgan fingerprint density at radius 2 is 1.22 bits per heavy atom. The molecule has 6 nitrogen and oxygen atoms in total. The summed E-state index contributed by atoms with van der Waals surface area (Å²) in [6.07, 6.45) is -0.996. The van der Waals surface area contributed by atoms with E-state index in [9.17, 15) is 9.59 Å². The lowest BCUT2D eigenvalue weighted by molar-refractivity contribution is -0.141. The lowest BCUT2D eigenvalue weighted by Gasteiger charge is -2.26. The van der Waals surface area contributed by atoms with Crippen molar-refractivity contribution in [2.45, 2.75) is 26.1 Å². The minimum absolute atomic E-state index is 0.148. The number of carbonyl (C=O) groups excluding carboxylic acids is 2. The summed E-state index contributed by atoms with van der Waals surface area (Å²) < 4.78 is 16.1. The second-order valence-electron chi connectivity index (χ2n) is 7.25.